The summed E-state index contributed by atoms with van der Waals surface area (Å²) in [7, 11) is 0. The quantitative estimate of drug-likeness (QED) is 0.182. The lowest BCUT2D eigenvalue weighted by Gasteiger charge is -2.24. The molecule has 1 rings (SSSR count). The van der Waals surface area contributed by atoms with Crippen LogP contribution in [0, 0.1) is 5.92 Å². The molecule has 1 fully saturated rings. The van der Waals surface area contributed by atoms with E-state index in [0.717, 1.165) is 6.42 Å². The number of nitrogens with one attached hydrogen (secondary N) is 4. The number of hydrogen-bond acceptors (Lipinski definition) is 7. The maximum absolute atomic E-state index is 12.6. The summed E-state index contributed by atoms with van der Waals surface area (Å²) in [4.78, 5) is 59.7. The van der Waals surface area contributed by atoms with Crippen molar-refractivity contribution in [3.63, 3.8) is 0 Å². The van der Waals surface area contributed by atoms with Gasteiger partial charge >= 0.3 is 11.9 Å². The summed E-state index contributed by atoms with van der Waals surface area (Å²) in [6.07, 6.45) is 0.884. The molecule has 1 aliphatic rings. The van der Waals surface area contributed by atoms with Crippen molar-refractivity contribution in [1.82, 2.24) is 21.3 Å². The van der Waals surface area contributed by atoms with Crippen LogP contribution in [0.2, 0.25) is 0 Å². The predicted molar refractivity (Wildman–Crippen MR) is 110 cm³/mol. The third kappa shape index (κ3) is 8.57. The van der Waals surface area contributed by atoms with Gasteiger partial charge in [0.2, 0.25) is 17.7 Å². The van der Waals surface area contributed by atoms with Gasteiger partial charge in [-0.15, -0.1) is 0 Å². The van der Waals surface area contributed by atoms with E-state index in [4.69, 9.17) is 5.11 Å². The van der Waals surface area contributed by atoms with Gasteiger partial charge in [0.1, 0.15) is 18.1 Å². The second-order valence-corrected chi connectivity index (χ2v) is 7.95. The Labute approximate surface area is 180 Å². The molecule has 4 unspecified atom stereocenters. The fourth-order valence-electron chi connectivity index (χ4n) is 3.00. The lowest BCUT2D eigenvalue weighted by molar-refractivity contribution is -0.143. The van der Waals surface area contributed by atoms with Crippen molar-refractivity contribution >= 4 is 42.3 Å². The Kier molecular flexibility index (Phi) is 10.6. The molecule has 0 radical (unpaired) electrons. The van der Waals surface area contributed by atoms with E-state index in [-0.39, 0.29) is 18.1 Å². The third-order valence-corrected chi connectivity index (χ3v) is 4.89. The Hall–Kier alpha value is -2.34. The molecular weight excluding hydrogens is 416 g/mol. The van der Waals surface area contributed by atoms with Gasteiger partial charge < -0.3 is 31.5 Å². The molecule has 12 heteroatoms. The minimum Gasteiger partial charge on any atom is -0.481 e. The van der Waals surface area contributed by atoms with E-state index < -0.39 is 60.2 Å². The Morgan fingerprint density at radius 2 is 1.60 bits per heavy atom. The number of rotatable bonds is 12. The van der Waals surface area contributed by atoms with Crippen LogP contribution >= 0.6 is 12.6 Å². The van der Waals surface area contributed by atoms with Gasteiger partial charge in [0, 0.05) is 5.75 Å². The molecule has 0 aromatic rings. The summed E-state index contributed by atoms with van der Waals surface area (Å²) < 4.78 is 0. The molecule has 0 bridgehead atoms. The summed E-state index contributed by atoms with van der Waals surface area (Å²) >= 11 is 4.02. The van der Waals surface area contributed by atoms with Crippen molar-refractivity contribution in [2.75, 3.05) is 12.3 Å². The van der Waals surface area contributed by atoms with Gasteiger partial charge in [0.15, 0.2) is 0 Å². The average Bonchev–Trinajstić information content (AvgIpc) is 3.18. The first-order chi connectivity index (χ1) is 14.0. The fourth-order valence-corrected chi connectivity index (χ4v) is 3.25. The topological polar surface area (TPSA) is 174 Å². The standard InChI is InChI=1S/C18H30N4O7S/c1-9(2)6-12(18(28)29)21-17(27)13(8-30)22-16(26)11(7-14(23)24)20-15(25)10-4-3-5-19-10/h9-13,19,30H,3-8H2,1-2H3,(H,20,25)(H,21,27)(H,22,26)(H,23,24)(H,28,29). The predicted octanol–water partition coefficient (Wildman–Crippen LogP) is -1.27. The maximum Gasteiger partial charge on any atom is 0.326 e. The number of aliphatic carboxylic acids is 2. The van der Waals surface area contributed by atoms with Crippen molar-refractivity contribution < 1.29 is 34.2 Å². The molecule has 0 saturated carbocycles. The molecule has 3 amide bonds. The van der Waals surface area contributed by atoms with Crippen LogP contribution in [-0.2, 0) is 24.0 Å². The van der Waals surface area contributed by atoms with Crippen LogP contribution in [0.1, 0.15) is 39.5 Å². The highest BCUT2D eigenvalue weighted by Gasteiger charge is 2.32. The Morgan fingerprint density at radius 3 is 2.07 bits per heavy atom. The summed E-state index contributed by atoms with van der Waals surface area (Å²) in [5, 5.41) is 28.4. The largest absolute Gasteiger partial charge is 0.481 e. The van der Waals surface area contributed by atoms with E-state index >= 15 is 0 Å². The number of thiol groups is 1. The van der Waals surface area contributed by atoms with E-state index in [1.807, 2.05) is 0 Å². The minimum atomic E-state index is -1.39. The number of hydrogen-bond donors (Lipinski definition) is 7. The Morgan fingerprint density at radius 1 is 1.00 bits per heavy atom. The van der Waals surface area contributed by atoms with Crippen LogP contribution in [0.15, 0.2) is 0 Å². The van der Waals surface area contributed by atoms with Gasteiger partial charge in [-0.1, -0.05) is 13.8 Å². The average molecular weight is 447 g/mol. The first kappa shape index (κ1) is 25.7. The first-order valence-corrected chi connectivity index (χ1v) is 10.4. The number of amides is 3. The van der Waals surface area contributed by atoms with Crippen molar-refractivity contribution in [3.05, 3.63) is 0 Å². The smallest absolute Gasteiger partial charge is 0.326 e. The first-order valence-electron chi connectivity index (χ1n) is 9.75. The SMILES string of the molecule is CC(C)CC(NC(=O)C(CS)NC(=O)C(CC(=O)O)NC(=O)C1CCCN1)C(=O)O. The molecule has 4 atom stereocenters. The van der Waals surface area contributed by atoms with E-state index in [0.29, 0.717) is 13.0 Å². The van der Waals surface area contributed by atoms with Crippen LogP contribution in [0.25, 0.3) is 0 Å². The van der Waals surface area contributed by atoms with Gasteiger partial charge in [-0.25, -0.2) is 4.79 Å². The highest BCUT2D eigenvalue weighted by atomic mass is 32.1. The van der Waals surface area contributed by atoms with Crippen molar-refractivity contribution in [1.29, 1.82) is 0 Å². The third-order valence-electron chi connectivity index (χ3n) is 4.53. The zero-order valence-electron chi connectivity index (χ0n) is 17.0. The van der Waals surface area contributed by atoms with E-state index in [1.54, 1.807) is 13.8 Å². The van der Waals surface area contributed by atoms with E-state index in [2.05, 4.69) is 33.9 Å². The Bertz CT molecular complexity index is 652. The summed E-state index contributed by atoms with van der Waals surface area (Å²) in [5.74, 6) is -4.77. The molecule has 1 aliphatic heterocycles. The number of carboxylic acids is 2. The lowest BCUT2D eigenvalue weighted by atomic mass is 10.0. The van der Waals surface area contributed by atoms with Crippen LogP contribution in [-0.4, -0.2) is 76.3 Å². The second kappa shape index (κ2) is 12.4. The van der Waals surface area contributed by atoms with Crippen molar-refractivity contribution in [2.24, 2.45) is 5.92 Å². The molecule has 30 heavy (non-hydrogen) atoms. The van der Waals surface area contributed by atoms with Crippen molar-refractivity contribution in [3.8, 4) is 0 Å². The maximum atomic E-state index is 12.6. The van der Waals surface area contributed by atoms with Gasteiger partial charge in [-0.3, -0.25) is 19.2 Å². The van der Waals surface area contributed by atoms with Crippen LogP contribution < -0.4 is 21.3 Å². The molecule has 0 aromatic carbocycles. The molecule has 0 aliphatic carbocycles. The van der Waals surface area contributed by atoms with Gasteiger partial charge in [0.05, 0.1) is 12.5 Å². The van der Waals surface area contributed by atoms with Gasteiger partial charge in [-0.2, -0.15) is 12.6 Å². The molecule has 0 spiro atoms. The van der Waals surface area contributed by atoms with Crippen LogP contribution in [0.5, 0.6) is 0 Å². The summed E-state index contributed by atoms with van der Waals surface area (Å²) in [6, 6.07) is -4.24. The molecule has 6 N–H and O–H groups in total. The number of carboxylic acid groups (broad SMARTS) is 2. The molecular formula is C18H30N4O7S. The monoisotopic (exact) mass is 446 g/mol. The minimum absolute atomic E-state index is 0.00907. The molecule has 170 valence electrons. The number of carbonyl (C=O) groups is 5. The number of carbonyl (C=O) groups excluding carboxylic acids is 3. The fraction of sp³-hybridized carbons (Fsp3) is 0.722. The zero-order valence-corrected chi connectivity index (χ0v) is 17.9. The van der Waals surface area contributed by atoms with E-state index in [1.165, 1.54) is 0 Å². The van der Waals surface area contributed by atoms with Crippen LogP contribution in [0.4, 0.5) is 0 Å². The highest BCUT2D eigenvalue weighted by Crippen LogP contribution is 2.07. The molecule has 11 nitrogen and oxygen atoms in total. The molecule has 0 aromatic heterocycles. The summed E-state index contributed by atoms with van der Waals surface area (Å²) in [6.45, 7) is 4.26. The Balaban J connectivity index is 2.79. The molecule has 1 heterocycles. The van der Waals surface area contributed by atoms with E-state index in [9.17, 15) is 29.1 Å². The van der Waals surface area contributed by atoms with Crippen LogP contribution in [0.3, 0.4) is 0 Å². The van der Waals surface area contributed by atoms with Crippen molar-refractivity contribution in [2.45, 2.75) is 63.7 Å². The highest BCUT2D eigenvalue weighted by molar-refractivity contribution is 7.80. The summed E-state index contributed by atoms with van der Waals surface area (Å²) in [5.41, 5.74) is 0. The van der Waals surface area contributed by atoms with Gasteiger partial charge in [-0.05, 0) is 31.7 Å². The second-order valence-electron chi connectivity index (χ2n) is 7.58. The lowest BCUT2D eigenvalue weighted by Crippen LogP contribution is -2.58. The van der Waals surface area contributed by atoms with Gasteiger partial charge in [0.25, 0.3) is 0 Å². The molecule has 1 saturated heterocycles. The normalized spacial score (nSPS) is 18.9. The zero-order chi connectivity index (χ0) is 22.8.